The number of likely N-dealkylation sites (N-methyl/N-ethyl adjacent to an activating group) is 1. The predicted octanol–water partition coefficient (Wildman–Crippen LogP) is -0.192. The van der Waals surface area contributed by atoms with Crippen molar-refractivity contribution in [1.82, 2.24) is 10.2 Å². The predicted molar refractivity (Wildman–Crippen MR) is 67.7 cm³/mol. The fourth-order valence-corrected chi connectivity index (χ4v) is 2.05. The van der Waals surface area contributed by atoms with Crippen molar-refractivity contribution in [2.75, 3.05) is 39.4 Å². The molecule has 1 fully saturated rings. The summed E-state index contributed by atoms with van der Waals surface area (Å²) >= 11 is 0. The van der Waals surface area contributed by atoms with Crippen molar-refractivity contribution in [2.24, 2.45) is 11.7 Å². The van der Waals surface area contributed by atoms with Gasteiger partial charge in [-0.05, 0) is 19.5 Å². The molecular formula is C12H25N3O2. The largest absolute Gasteiger partial charge is 0.379 e. The molecule has 3 N–H and O–H groups in total. The summed E-state index contributed by atoms with van der Waals surface area (Å²) in [6.07, 6.45) is 1.14. The maximum absolute atomic E-state index is 11.8. The third-order valence-corrected chi connectivity index (χ3v) is 3.18. The molecule has 1 amide bonds. The van der Waals surface area contributed by atoms with E-state index in [-0.39, 0.29) is 17.9 Å². The summed E-state index contributed by atoms with van der Waals surface area (Å²) < 4.78 is 5.18. The number of carbonyl (C=O) groups excluding carboxylic acids is 1. The van der Waals surface area contributed by atoms with Crippen LogP contribution in [-0.4, -0.2) is 56.2 Å². The fourth-order valence-electron chi connectivity index (χ4n) is 2.05. The lowest BCUT2D eigenvalue weighted by molar-refractivity contribution is -0.125. The van der Waals surface area contributed by atoms with E-state index in [1.165, 1.54) is 0 Å². The molecule has 1 saturated heterocycles. The molecule has 5 nitrogen and oxygen atoms in total. The average molecular weight is 243 g/mol. The van der Waals surface area contributed by atoms with Crippen molar-refractivity contribution in [1.29, 1.82) is 0 Å². The number of ether oxygens (including phenoxy) is 1. The lowest BCUT2D eigenvalue weighted by Gasteiger charge is -2.20. The van der Waals surface area contributed by atoms with Crippen molar-refractivity contribution in [2.45, 2.75) is 26.3 Å². The molecule has 1 heterocycles. The van der Waals surface area contributed by atoms with Gasteiger partial charge in [0.05, 0.1) is 19.1 Å². The second-order valence-corrected chi connectivity index (χ2v) is 4.53. The van der Waals surface area contributed by atoms with Crippen molar-refractivity contribution >= 4 is 5.91 Å². The van der Waals surface area contributed by atoms with Gasteiger partial charge in [-0.1, -0.05) is 13.8 Å². The highest BCUT2D eigenvalue weighted by Crippen LogP contribution is 2.11. The second-order valence-electron chi connectivity index (χ2n) is 4.53. The van der Waals surface area contributed by atoms with E-state index in [1.807, 2.05) is 0 Å². The van der Waals surface area contributed by atoms with Crippen LogP contribution in [0.1, 0.15) is 20.3 Å². The standard InChI is InChI=1S/C12H25N3O2/c1-3-6-15(4-2)7-5-14-12(16)10-8-17-9-11(10)13/h10-11H,3-9,13H2,1-2H3,(H,14,16). The normalized spacial score (nSPS) is 24.2. The highest BCUT2D eigenvalue weighted by atomic mass is 16.5. The zero-order valence-electron chi connectivity index (χ0n) is 10.9. The van der Waals surface area contributed by atoms with E-state index in [9.17, 15) is 4.79 Å². The van der Waals surface area contributed by atoms with E-state index in [1.54, 1.807) is 0 Å². The summed E-state index contributed by atoms with van der Waals surface area (Å²) in [5.74, 6) is -0.140. The molecule has 17 heavy (non-hydrogen) atoms. The summed E-state index contributed by atoms with van der Waals surface area (Å²) in [6.45, 7) is 8.95. The number of nitrogens with two attached hydrogens (primary N) is 1. The molecule has 1 rings (SSSR count). The molecule has 0 aliphatic carbocycles. The van der Waals surface area contributed by atoms with Gasteiger partial charge >= 0.3 is 0 Å². The SMILES string of the molecule is CCCN(CC)CCNC(=O)C1COCC1N. The third-order valence-electron chi connectivity index (χ3n) is 3.18. The van der Waals surface area contributed by atoms with Crippen LogP contribution in [0.25, 0.3) is 0 Å². The lowest BCUT2D eigenvalue weighted by atomic mass is 10.0. The Balaban J connectivity index is 2.19. The van der Waals surface area contributed by atoms with Crippen LogP contribution >= 0.6 is 0 Å². The van der Waals surface area contributed by atoms with E-state index in [0.29, 0.717) is 19.8 Å². The number of hydrogen-bond acceptors (Lipinski definition) is 4. The van der Waals surface area contributed by atoms with Crippen LogP contribution in [0.15, 0.2) is 0 Å². The maximum Gasteiger partial charge on any atom is 0.227 e. The van der Waals surface area contributed by atoms with Crippen molar-refractivity contribution in [3.8, 4) is 0 Å². The molecular weight excluding hydrogens is 218 g/mol. The van der Waals surface area contributed by atoms with Gasteiger partial charge in [-0.3, -0.25) is 4.79 Å². The quantitative estimate of drug-likeness (QED) is 0.650. The van der Waals surface area contributed by atoms with Crippen LogP contribution in [0.5, 0.6) is 0 Å². The fraction of sp³-hybridized carbons (Fsp3) is 0.917. The molecule has 0 saturated carbocycles. The minimum atomic E-state index is -0.170. The zero-order valence-corrected chi connectivity index (χ0v) is 10.9. The minimum absolute atomic E-state index is 0.0301. The number of rotatable bonds is 7. The topological polar surface area (TPSA) is 67.6 Å². The number of amides is 1. The Morgan fingerprint density at radius 3 is 2.71 bits per heavy atom. The first-order valence-corrected chi connectivity index (χ1v) is 6.52. The Kier molecular flexibility index (Phi) is 6.47. The van der Waals surface area contributed by atoms with E-state index in [2.05, 4.69) is 24.1 Å². The Bertz CT molecular complexity index is 236. The molecule has 100 valence electrons. The van der Waals surface area contributed by atoms with E-state index < -0.39 is 0 Å². The summed E-state index contributed by atoms with van der Waals surface area (Å²) in [5, 5.41) is 2.94. The van der Waals surface area contributed by atoms with Crippen molar-refractivity contribution in [3.63, 3.8) is 0 Å². The number of nitrogens with zero attached hydrogens (tertiary/aromatic N) is 1. The van der Waals surface area contributed by atoms with Gasteiger partial charge in [-0.15, -0.1) is 0 Å². The Hall–Kier alpha value is -0.650. The van der Waals surface area contributed by atoms with Gasteiger partial charge in [0, 0.05) is 19.1 Å². The average Bonchev–Trinajstić information content (AvgIpc) is 2.74. The molecule has 1 aliphatic rings. The molecule has 2 atom stereocenters. The van der Waals surface area contributed by atoms with Crippen LogP contribution in [0, 0.1) is 5.92 Å². The smallest absolute Gasteiger partial charge is 0.227 e. The summed E-state index contributed by atoms with van der Waals surface area (Å²) in [6, 6.07) is -0.145. The number of hydrogen-bond donors (Lipinski definition) is 2. The van der Waals surface area contributed by atoms with Gasteiger partial charge < -0.3 is 20.7 Å². The molecule has 0 aromatic rings. The summed E-state index contributed by atoms with van der Waals surface area (Å²) in [7, 11) is 0. The van der Waals surface area contributed by atoms with Crippen molar-refractivity contribution < 1.29 is 9.53 Å². The molecule has 0 aromatic heterocycles. The molecule has 5 heteroatoms. The van der Waals surface area contributed by atoms with Crippen LogP contribution in [0.4, 0.5) is 0 Å². The number of carbonyl (C=O) groups is 1. The van der Waals surface area contributed by atoms with Gasteiger partial charge in [-0.2, -0.15) is 0 Å². The van der Waals surface area contributed by atoms with E-state index in [0.717, 1.165) is 26.1 Å². The van der Waals surface area contributed by atoms with Gasteiger partial charge in [0.2, 0.25) is 5.91 Å². The van der Waals surface area contributed by atoms with Gasteiger partial charge in [0.1, 0.15) is 0 Å². The van der Waals surface area contributed by atoms with E-state index in [4.69, 9.17) is 10.5 Å². The highest BCUT2D eigenvalue weighted by Gasteiger charge is 2.30. The van der Waals surface area contributed by atoms with Crippen LogP contribution < -0.4 is 11.1 Å². The zero-order chi connectivity index (χ0) is 12.7. The number of nitrogens with one attached hydrogen (secondary N) is 1. The molecule has 0 spiro atoms. The highest BCUT2D eigenvalue weighted by molar-refractivity contribution is 5.79. The summed E-state index contributed by atoms with van der Waals surface area (Å²) in [5.41, 5.74) is 5.79. The maximum atomic E-state index is 11.8. The van der Waals surface area contributed by atoms with Gasteiger partial charge in [0.25, 0.3) is 0 Å². The molecule has 0 aromatic carbocycles. The van der Waals surface area contributed by atoms with Crippen LogP contribution in [0.3, 0.4) is 0 Å². The van der Waals surface area contributed by atoms with Gasteiger partial charge in [-0.25, -0.2) is 0 Å². The first-order valence-electron chi connectivity index (χ1n) is 6.52. The molecule has 2 unspecified atom stereocenters. The third kappa shape index (κ3) is 4.61. The molecule has 0 bridgehead atoms. The summed E-state index contributed by atoms with van der Waals surface area (Å²) in [4.78, 5) is 14.1. The monoisotopic (exact) mass is 243 g/mol. The van der Waals surface area contributed by atoms with Crippen LogP contribution in [-0.2, 0) is 9.53 Å². The van der Waals surface area contributed by atoms with Crippen molar-refractivity contribution in [3.05, 3.63) is 0 Å². The Morgan fingerprint density at radius 1 is 1.41 bits per heavy atom. The Labute approximate surface area is 104 Å². The van der Waals surface area contributed by atoms with Crippen LogP contribution in [0.2, 0.25) is 0 Å². The lowest BCUT2D eigenvalue weighted by Crippen LogP contribution is -2.43. The first-order chi connectivity index (χ1) is 8.19. The Morgan fingerprint density at radius 2 is 2.18 bits per heavy atom. The van der Waals surface area contributed by atoms with Gasteiger partial charge in [0.15, 0.2) is 0 Å². The minimum Gasteiger partial charge on any atom is -0.379 e. The van der Waals surface area contributed by atoms with E-state index >= 15 is 0 Å². The second kappa shape index (κ2) is 7.63. The molecule has 1 aliphatic heterocycles. The first kappa shape index (κ1) is 14.4. The molecule has 0 radical (unpaired) electrons.